The van der Waals surface area contributed by atoms with Gasteiger partial charge in [-0.05, 0) is 0 Å². The topological polar surface area (TPSA) is 29.9 Å². The Morgan fingerprint density at radius 3 is 2.53 bits per heavy atom. The first-order valence-corrected chi connectivity index (χ1v) is 5.84. The molecular weight excluding hydrogens is 186 g/mol. The Hall–Kier alpha value is -0.830. The van der Waals surface area contributed by atoms with Crippen LogP contribution < -0.4 is 5.32 Å². The first-order chi connectivity index (χ1) is 7.07. The van der Waals surface area contributed by atoms with Crippen molar-refractivity contribution in [2.24, 2.45) is 0 Å². The Morgan fingerprint density at radius 1 is 1.33 bits per heavy atom. The van der Waals surface area contributed by atoms with Crippen LogP contribution in [0.5, 0.6) is 0 Å². The minimum atomic E-state index is 0.171. The summed E-state index contributed by atoms with van der Waals surface area (Å²) < 4.78 is 2.26. The molecule has 3 heteroatoms. The minimum absolute atomic E-state index is 0.171. The summed E-state index contributed by atoms with van der Waals surface area (Å²) in [6.45, 7) is 13.6. The SMILES string of the molecule is CC.CC(C)(C)c1cn2c(n1)CNCC2. The van der Waals surface area contributed by atoms with Gasteiger partial charge in [0.1, 0.15) is 5.82 Å². The van der Waals surface area contributed by atoms with E-state index in [9.17, 15) is 0 Å². The van der Waals surface area contributed by atoms with E-state index in [0.717, 1.165) is 19.6 Å². The quantitative estimate of drug-likeness (QED) is 0.710. The molecule has 0 saturated heterocycles. The van der Waals surface area contributed by atoms with E-state index in [2.05, 4.69) is 41.8 Å². The van der Waals surface area contributed by atoms with E-state index in [1.54, 1.807) is 0 Å². The van der Waals surface area contributed by atoms with Crippen molar-refractivity contribution in [2.45, 2.75) is 53.1 Å². The van der Waals surface area contributed by atoms with E-state index in [0.29, 0.717) is 0 Å². The van der Waals surface area contributed by atoms with Crippen LogP contribution in [-0.4, -0.2) is 16.1 Å². The van der Waals surface area contributed by atoms with Gasteiger partial charge < -0.3 is 9.88 Å². The Kier molecular flexibility index (Phi) is 3.91. The Balaban J connectivity index is 0.000000531. The highest BCUT2D eigenvalue weighted by Gasteiger charge is 2.20. The summed E-state index contributed by atoms with van der Waals surface area (Å²) in [6, 6.07) is 0. The van der Waals surface area contributed by atoms with E-state index < -0.39 is 0 Å². The summed E-state index contributed by atoms with van der Waals surface area (Å²) in [4.78, 5) is 4.62. The second kappa shape index (κ2) is 4.79. The standard InChI is InChI=1S/C10H17N3.C2H6/c1-10(2,3)8-7-13-5-4-11-6-9(13)12-8;1-2/h7,11H,4-6H2,1-3H3;1-2H3. The Bertz CT molecular complexity index is 284. The number of imidazole rings is 1. The highest BCUT2D eigenvalue weighted by Crippen LogP contribution is 2.21. The molecule has 0 unspecified atom stereocenters. The third-order valence-corrected chi connectivity index (χ3v) is 2.44. The second-order valence-electron chi connectivity index (χ2n) is 4.66. The Labute approximate surface area is 92.9 Å². The van der Waals surface area contributed by atoms with Crippen LogP contribution in [0.3, 0.4) is 0 Å². The first kappa shape index (κ1) is 12.2. The van der Waals surface area contributed by atoms with Crippen LogP contribution in [-0.2, 0) is 18.5 Å². The average Bonchev–Trinajstić information content (AvgIpc) is 2.63. The maximum Gasteiger partial charge on any atom is 0.123 e. The lowest BCUT2D eigenvalue weighted by Gasteiger charge is -2.14. The minimum Gasteiger partial charge on any atom is -0.332 e. The van der Waals surface area contributed by atoms with E-state index in [1.165, 1.54) is 11.5 Å². The molecule has 0 amide bonds. The average molecular weight is 209 g/mol. The van der Waals surface area contributed by atoms with Crippen LogP contribution >= 0.6 is 0 Å². The predicted molar refractivity (Wildman–Crippen MR) is 64.0 cm³/mol. The van der Waals surface area contributed by atoms with Crippen molar-refractivity contribution in [1.29, 1.82) is 0 Å². The van der Waals surface area contributed by atoms with Crippen LogP contribution in [0.2, 0.25) is 0 Å². The molecule has 3 nitrogen and oxygen atoms in total. The molecule has 0 fully saturated rings. The van der Waals surface area contributed by atoms with Crippen molar-refractivity contribution in [2.75, 3.05) is 6.54 Å². The molecule has 86 valence electrons. The third kappa shape index (κ3) is 2.81. The van der Waals surface area contributed by atoms with Gasteiger partial charge in [-0.1, -0.05) is 34.6 Å². The van der Waals surface area contributed by atoms with Crippen molar-refractivity contribution in [3.63, 3.8) is 0 Å². The zero-order valence-electron chi connectivity index (χ0n) is 10.6. The number of nitrogens with zero attached hydrogens (tertiary/aromatic N) is 2. The Morgan fingerprint density at radius 2 is 2.00 bits per heavy atom. The van der Waals surface area contributed by atoms with Gasteiger partial charge in [-0.2, -0.15) is 0 Å². The van der Waals surface area contributed by atoms with Gasteiger partial charge in [-0.15, -0.1) is 0 Å². The molecular formula is C12H23N3. The van der Waals surface area contributed by atoms with E-state index >= 15 is 0 Å². The fraction of sp³-hybridized carbons (Fsp3) is 0.750. The number of nitrogens with one attached hydrogen (secondary N) is 1. The molecule has 1 aliphatic heterocycles. The van der Waals surface area contributed by atoms with Gasteiger partial charge in [-0.25, -0.2) is 4.98 Å². The monoisotopic (exact) mass is 209 g/mol. The van der Waals surface area contributed by atoms with Gasteiger partial charge in [0.15, 0.2) is 0 Å². The molecule has 0 spiro atoms. The number of hydrogen-bond donors (Lipinski definition) is 1. The summed E-state index contributed by atoms with van der Waals surface area (Å²) in [6.07, 6.45) is 2.19. The van der Waals surface area contributed by atoms with Crippen molar-refractivity contribution in [3.05, 3.63) is 17.7 Å². The smallest absolute Gasteiger partial charge is 0.123 e. The van der Waals surface area contributed by atoms with Crippen molar-refractivity contribution < 1.29 is 0 Å². The van der Waals surface area contributed by atoms with Crippen LogP contribution in [0, 0.1) is 0 Å². The normalized spacial score (nSPS) is 15.3. The van der Waals surface area contributed by atoms with Crippen molar-refractivity contribution in [3.8, 4) is 0 Å². The predicted octanol–water partition coefficient (Wildman–Crippen LogP) is 2.31. The molecule has 0 atom stereocenters. The van der Waals surface area contributed by atoms with Gasteiger partial charge in [0.05, 0.1) is 12.2 Å². The lowest BCUT2D eigenvalue weighted by atomic mass is 9.93. The number of fused-ring (bicyclic) bond motifs is 1. The van der Waals surface area contributed by atoms with Crippen LogP contribution in [0.25, 0.3) is 0 Å². The molecule has 15 heavy (non-hydrogen) atoms. The highest BCUT2D eigenvalue weighted by molar-refractivity contribution is 5.14. The molecule has 1 aromatic heterocycles. The van der Waals surface area contributed by atoms with Gasteiger partial charge in [0.2, 0.25) is 0 Å². The molecule has 1 aromatic rings. The van der Waals surface area contributed by atoms with Gasteiger partial charge in [-0.3, -0.25) is 0 Å². The summed E-state index contributed by atoms with van der Waals surface area (Å²) in [5.74, 6) is 1.18. The summed E-state index contributed by atoms with van der Waals surface area (Å²) >= 11 is 0. The number of hydrogen-bond acceptors (Lipinski definition) is 2. The van der Waals surface area contributed by atoms with Crippen LogP contribution in [0.4, 0.5) is 0 Å². The lowest BCUT2D eigenvalue weighted by Crippen LogP contribution is -2.27. The van der Waals surface area contributed by atoms with Gasteiger partial charge in [0.25, 0.3) is 0 Å². The van der Waals surface area contributed by atoms with E-state index in [4.69, 9.17) is 0 Å². The summed E-state index contributed by atoms with van der Waals surface area (Å²) in [5, 5.41) is 3.32. The molecule has 2 heterocycles. The van der Waals surface area contributed by atoms with Gasteiger partial charge >= 0.3 is 0 Å². The molecule has 0 radical (unpaired) electrons. The molecule has 0 saturated carbocycles. The van der Waals surface area contributed by atoms with E-state index in [1.807, 2.05) is 13.8 Å². The summed E-state index contributed by atoms with van der Waals surface area (Å²) in [7, 11) is 0. The lowest BCUT2D eigenvalue weighted by molar-refractivity contribution is 0.505. The largest absolute Gasteiger partial charge is 0.332 e. The van der Waals surface area contributed by atoms with Crippen molar-refractivity contribution in [1.82, 2.24) is 14.9 Å². The molecule has 0 bridgehead atoms. The van der Waals surface area contributed by atoms with E-state index in [-0.39, 0.29) is 5.41 Å². The van der Waals surface area contributed by atoms with Gasteiger partial charge in [0, 0.05) is 24.7 Å². The maximum absolute atomic E-state index is 4.62. The molecule has 1 aliphatic rings. The molecule has 0 aromatic carbocycles. The highest BCUT2D eigenvalue weighted by atomic mass is 15.1. The molecule has 1 N–H and O–H groups in total. The van der Waals surface area contributed by atoms with Crippen molar-refractivity contribution >= 4 is 0 Å². The third-order valence-electron chi connectivity index (χ3n) is 2.44. The molecule has 0 aliphatic carbocycles. The number of aromatic nitrogens is 2. The first-order valence-electron chi connectivity index (χ1n) is 5.84. The fourth-order valence-electron chi connectivity index (χ4n) is 1.55. The number of rotatable bonds is 0. The maximum atomic E-state index is 4.62. The van der Waals surface area contributed by atoms with Crippen LogP contribution in [0.1, 0.15) is 46.1 Å². The summed E-state index contributed by atoms with van der Waals surface area (Å²) in [5.41, 5.74) is 1.37. The zero-order chi connectivity index (χ0) is 11.5. The fourth-order valence-corrected chi connectivity index (χ4v) is 1.55. The van der Waals surface area contributed by atoms with Crippen LogP contribution in [0.15, 0.2) is 6.20 Å². The second-order valence-corrected chi connectivity index (χ2v) is 4.66. The molecule has 2 rings (SSSR count). The zero-order valence-corrected chi connectivity index (χ0v) is 10.6.